The number of rotatable bonds is 1. The smallest absolute Gasteiger partial charge is 0.237 e. The molecule has 0 radical (unpaired) electrons. The number of imide groups is 1. The summed E-state index contributed by atoms with van der Waals surface area (Å²) in [6.07, 6.45) is 2.59. The molecule has 1 aromatic carbocycles. The number of hydrogen-bond acceptors (Lipinski definition) is 2. The minimum Gasteiger partial charge on any atom is -0.274 e. The number of nitrogens with zero attached hydrogens (tertiary/aromatic N) is 1. The Balaban J connectivity index is 1.98. The van der Waals surface area contributed by atoms with E-state index in [-0.39, 0.29) is 23.7 Å². The van der Waals surface area contributed by atoms with Gasteiger partial charge in [0.1, 0.15) is 0 Å². The lowest BCUT2D eigenvalue weighted by molar-refractivity contribution is -0.122. The van der Waals surface area contributed by atoms with Crippen molar-refractivity contribution < 1.29 is 9.59 Å². The fourth-order valence-electron chi connectivity index (χ4n) is 3.31. The summed E-state index contributed by atoms with van der Waals surface area (Å²) in [6, 6.07) is 4.82. The summed E-state index contributed by atoms with van der Waals surface area (Å²) in [5, 5.41) is 0.854. The number of anilines is 1. The first-order chi connectivity index (χ1) is 9.47. The van der Waals surface area contributed by atoms with Crippen molar-refractivity contribution in [3.63, 3.8) is 0 Å². The van der Waals surface area contributed by atoms with Crippen molar-refractivity contribution in [2.75, 3.05) is 4.90 Å². The lowest BCUT2D eigenvalue weighted by Crippen LogP contribution is -2.30. The predicted octanol–water partition coefficient (Wildman–Crippen LogP) is 3.92. The number of hydrogen-bond donors (Lipinski definition) is 0. The molecule has 2 fully saturated rings. The van der Waals surface area contributed by atoms with Gasteiger partial charge in [-0.15, -0.1) is 0 Å². The zero-order valence-electron chi connectivity index (χ0n) is 11.1. The van der Waals surface area contributed by atoms with Gasteiger partial charge in [-0.05, 0) is 43.4 Å². The van der Waals surface area contributed by atoms with E-state index in [1.165, 1.54) is 4.90 Å². The van der Waals surface area contributed by atoms with Crippen molar-refractivity contribution in [1.82, 2.24) is 0 Å². The summed E-state index contributed by atoms with van der Waals surface area (Å²) < 4.78 is 0. The van der Waals surface area contributed by atoms with Crippen LogP contribution in [0.15, 0.2) is 18.2 Å². The summed E-state index contributed by atoms with van der Waals surface area (Å²) in [5.74, 6) is -0.0634. The Hall–Kier alpha value is -1.06. The largest absolute Gasteiger partial charge is 0.274 e. The molecular weight excluding hydrogens is 297 g/mol. The Morgan fingerprint density at radius 2 is 1.60 bits per heavy atom. The van der Waals surface area contributed by atoms with Gasteiger partial charge < -0.3 is 0 Å². The predicted molar refractivity (Wildman–Crippen MR) is 79.0 cm³/mol. The van der Waals surface area contributed by atoms with E-state index in [0.29, 0.717) is 21.7 Å². The molecule has 1 aliphatic heterocycles. The first-order valence-corrected chi connectivity index (χ1v) is 7.57. The lowest BCUT2D eigenvalue weighted by atomic mass is 9.76. The number of halogens is 2. The second-order valence-corrected chi connectivity index (χ2v) is 6.64. The van der Waals surface area contributed by atoms with Crippen molar-refractivity contribution in [3.8, 4) is 0 Å². The number of fused-ring (bicyclic) bond motifs is 1. The average molecular weight is 312 g/mol. The molecule has 20 heavy (non-hydrogen) atoms. The van der Waals surface area contributed by atoms with Gasteiger partial charge in [-0.1, -0.05) is 30.1 Å². The molecule has 1 aliphatic carbocycles. The topological polar surface area (TPSA) is 37.4 Å². The molecule has 106 valence electrons. The third kappa shape index (κ3) is 2.23. The molecule has 1 aromatic rings. The van der Waals surface area contributed by atoms with Crippen LogP contribution < -0.4 is 4.90 Å². The van der Waals surface area contributed by atoms with Gasteiger partial charge in [0.2, 0.25) is 11.8 Å². The third-order valence-electron chi connectivity index (χ3n) is 4.29. The molecule has 3 nitrogen and oxygen atoms in total. The third-order valence-corrected chi connectivity index (χ3v) is 4.73. The van der Waals surface area contributed by atoms with E-state index < -0.39 is 0 Å². The quantitative estimate of drug-likeness (QED) is 0.737. The summed E-state index contributed by atoms with van der Waals surface area (Å²) in [7, 11) is 0. The first-order valence-electron chi connectivity index (χ1n) is 6.81. The van der Waals surface area contributed by atoms with E-state index in [4.69, 9.17) is 23.2 Å². The summed E-state index contributed by atoms with van der Waals surface area (Å²) >= 11 is 11.9. The summed E-state index contributed by atoms with van der Waals surface area (Å²) in [6.45, 7) is 2.13. The average Bonchev–Trinajstić information content (AvgIpc) is 2.60. The van der Waals surface area contributed by atoms with Crippen LogP contribution >= 0.6 is 23.2 Å². The molecule has 0 N–H and O–H groups in total. The van der Waals surface area contributed by atoms with Gasteiger partial charge in [-0.25, -0.2) is 4.90 Å². The molecule has 0 bridgehead atoms. The van der Waals surface area contributed by atoms with Crippen LogP contribution in [-0.4, -0.2) is 11.8 Å². The molecule has 1 saturated heterocycles. The highest BCUT2D eigenvalue weighted by atomic mass is 35.5. The molecule has 5 heteroatoms. The van der Waals surface area contributed by atoms with Crippen molar-refractivity contribution in [3.05, 3.63) is 28.2 Å². The zero-order chi connectivity index (χ0) is 14.4. The summed E-state index contributed by atoms with van der Waals surface area (Å²) in [5.41, 5.74) is 0.486. The van der Waals surface area contributed by atoms with E-state index >= 15 is 0 Å². The Kier molecular flexibility index (Phi) is 3.51. The number of carbonyl (C=O) groups excluding carboxylic acids is 2. The Labute approximate surface area is 127 Å². The fraction of sp³-hybridized carbons (Fsp3) is 0.467. The van der Waals surface area contributed by atoms with Gasteiger partial charge in [0.15, 0.2) is 0 Å². The first kappa shape index (κ1) is 13.9. The van der Waals surface area contributed by atoms with E-state index in [1.54, 1.807) is 18.2 Å². The van der Waals surface area contributed by atoms with Crippen LogP contribution in [-0.2, 0) is 9.59 Å². The minimum atomic E-state index is -0.177. The van der Waals surface area contributed by atoms with Gasteiger partial charge in [-0.3, -0.25) is 9.59 Å². The molecule has 3 rings (SSSR count). The standard InChI is InChI=1S/C15H15Cl2NO2/c1-8-2-3-12-13(4-8)15(20)18(14(12)19)11-6-9(16)5-10(17)7-11/h5-8,12-13H,2-4H2,1H3/t8-,12+,13-/m1/s1. The molecule has 0 unspecified atom stereocenters. The number of amides is 2. The van der Waals surface area contributed by atoms with E-state index in [0.717, 1.165) is 19.3 Å². The van der Waals surface area contributed by atoms with Crippen molar-refractivity contribution >= 4 is 40.7 Å². The molecule has 2 amide bonds. The van der Waals surface area contributed by atoms with Crippen LogP contribution in [0.2, 0.25) is 10.0 Å². The second kappa shape index (κ2) is 5.05. The van der Waals surface area contributed by atoms with Crippen LogP contribution in [0.4, 0.5) is 5.69 Å². The summed E-state index contributed by atoms with van der Waals surface area (Å²) in [4.78, 5) is 26.3. The molecule has 3 atom stereocenters. The molecule has 1 heterocycles. The maximum Gasteiger partial charge on any atom is 0.237 e. The van der Waals surface area contributed by atoms with Crippen molar-refractivity contribution in [2.45, 2.75) is 26.2 Å². The van der Waals surface area contributed by atoms with Gasteiger partial charge >= 0.3 is 0 Å². The minimum absolute atomic E-state index is 0.106. The Bertz CT molecular complexity index is 567. The van der Waals surface area contributed by atoms with Crippen LogP contribution in [0.3, 0.4) is 0 Å². The van der Waals surface area contributed by atoms with Crippen LogP contribution in [0.25, 0.3) is 0 Å². The highest BCUT2D eigenvalue weighted by Crippen LogP contribution is 2.42. The molecule has 0 aromatic heterocycles. The second-order valence-electron chi connectivity index (χ2n) is 5.77. The number of benzene rings is 1. The number of carbonyl (C=O) groups is 2. The van der Waals surface area contributed by atoms with Crippen LogP contribution in [0.1, 0.15) is 26.2 Å². The van der Waals surface area contributed by atoms with Gasteiger partial charge in [0.05, 0.1) is 17.5 Å². The highest BCUT2D eigenvalue weighted by molar-refractivity contribution is 6.35. The van der Waals surface area contributed by atoms with Crippen LogP contribution in [0, 0.1) is 17.8 Å². The molecular formula is C15H15Cl2NO2. The van der Waals surface area contributed by atoms with Gasteiger partial charge in [0, 0.05) is 10.0 Å². The Morgan fingerprint density at radius 3 is 2.25 bits per heavy atom. The zero-order valence-corrected chi connectivity index (χ0v) is 12.6. The van der Waals surface area contributed by atoms with E-state index in [9.17, 15) is 9.59 Å². The normalized spacial score (nSPS) is 29.8. The molecule has 1 saturated carbocycles. The molecule has 0 spiro atoms. The lowest BCUT2D eigenvalue weighted by Gasteiger charge is -2.25. The fourth-order valence-corrected chi connectivity index (χ4v) is 3.83. The van der Waals surface area contributed by atoms with Crippen LogP contribution in [0.5, 0.6) is 0 Å². The van der Waals surface area contributed by atoms with E-state index in [2.05, 4.69) is 6.92 Å². The van der Waals surface area contributed by atoms with Gasteiger partial charge in [0.25, 0.3) is 0 Å². The SMILES string of the molecule is C[C@@H]1CC[C@@H]2C(=O)N(c3cc(Cl)cc(Cl)c3)C(=O)[C@@H]2C1. The van der Waals surface area contributed by atoms with Gasteiger partial charge in [-0.2, -0.15) is 0 Å². The monoisotopic (exact) mass is 311 g/mol. The molecule has 2 aliphatic rings. The Morgan fingerprint density at radius 1 is 1.00 bits per heavy atom. The highest BCUT2D eigenvalue weighted by Gasteiger charge is 2.50. The van der Waals surface area contributed by atoms with E-state index in [1.807, 2.05) is 0 Å². The van der Waals surface area contributed by atoms with Crippen molar-refractivity contribution in [2.24, 2.45) is 17.8 Å². The van der Waals surface area contributed by atoms with Crippen molar-refractivity contribution in [1.29, 1.82) is 0 Å². The maximum atomic E-state index is 12.5. The maximum absolute atomic E-state index is 12.5.